The molecule has 3 aromatic carbocycles. The van der Waals surface area contributed by atoms with Crippen molar-refractivity contribution in [2.24, 2.45) is 0 Å². The van der Waals surface area contributed by atoms with Crippen LogP contribution in [0.3, 0.4) is 0 Å². The molecule has 0 bridgehead atoms. The fourth-order valence-electron chi connectivity index (χ4n) is 4.21. The number of nitrogens with zero attached hydrogens (tertiary/aromatic N) is 1. The Morgan fingerprint density at radius 3 is 2.37 bits per heavy atom. The van der Waals surface area contributed by atoms with E-state index in [-0.39, 0.29) is 6.61 Å². The predicted octanol–water partition coefficient (Wildman–Crippen LogP) is 4.54. The average molecular weight is 523 g/mol. The minimum absolute atomic E-state index is 0.0623. The van der Waals surface area contributed by atoms with E-state index in [9.17, 15) is 23.2 Å². The standard InChI is InChI=1S/C29H28F2N2O5/c1-20-14-22(12-13-25(20)38-23-10-6-3-7-11-23)27(35)32-16-26(34)33-19-29(31,18-30)15-24(33)28(36)37-17-21-8-4-2-5-9-21/h2-14,24H,15-19H2,1H3,(H,32,35)/t24-,29-/m0/s1. The van der Waals surface area contributed by atoms with Gasteiger partial charge in [-0.25, -0.2) is 13.6 Å². The number of likely N-dealkylation sites (tertiary alicyclic amines) is 1. The number of halogens is 2. The van der Waals surface area contributed by atoms with Gasteiger partial charge in [0, 0.05) is 12.0 Å². The minimum atomic E-state index is -2.36. The topological polar surface area (TPSA) is 84.9 Å². The van der Waals surface area contributed by atoms with Gasteiger partial charge in [0.15, 0.2) is 5.67 Å². The fourth-order valence-corrected chi connectivity index (χ4v) is 4.21. The lowest BCUT2D eigenvalue weighted by Gasteiger charge is -2.23. The molecule has 4 rings (SSSR count). The molecule has 0 saturated carbocycles. The first-order valence-electron chi connectivity index (χ1n) is 12.1. The van der Waals surface area contributed by atoms with E-state index in [0.29, 0.717) is 22.6 Å². The van der Waals surface area contributed by atoms with Crippen LogP contribution in [0.5, 0.6) is 11.5 Å². The van der Waals surface area contributed by atoms with Crippen LogP contribution in [0.15, 0.2) is 78.9 Å². The first kappa shape index (κ1) is 26.8. The van der Waals surface area contributed by atoms with Crippen LogP contribution < -0.4 is 10.1 Å². The van der Waals surface area contributed by atoms with Crippen LogP contribution >= 0.6 is 0 Å². The van der Waals surface area contributed by atoms with Gasteiger partial charge in [0.25, 0.3) is 5.91 Å². The summed E-state index contributed by atoms with van der Waals surface area (Å²) in [6.45, 7) is -0.720. The van der Waals surface area contributed by atoms with Gasteiger partial charge in [-0.1, -0.05) is 48.5 Å². The van der Waals surface area contributed by atoms with Crippen molar-refractivity contribution in [2.45, 2.75) is 31.7 Å². The van der Waals surface area contributed by atoms with Gasteiger partial charge in [-0.05, 0) is 48.4 Å². The second-order valence-electron chi connectivity index (χ2n) is 9.20. The number of carbonyl (C=O) groups is 3. The molecular weight excluding hydrogens is 494 g/mol. The van der Waals surface area contributed by atoms with Crippen molar-refractivity contribution in [3.8, 4) is 11.5 Å². The molecule has 1 N–H and O–H groups in total. The second kappa shape index (κ2) is 11.9. The van der Waals surface area contributed by atoms with Crippen molar-refractivity contribution in [2.75, 3.05) is 19.8 Å². The number of para-hydroxylation sites is 1. The zero-order chi connectivity index (χ0) is 27.1. The van der Waals surface area contributed by atoms with Crippen LogP contribution in [0.2, 0.25) is 0 Å². The van der Waals surface area contributed by atoms with E-state index in [4.69, 9.17) is 9.47 Å². The van der Waals surface area contributed by atoms with E-state index in [1.807, 2.05) is 36.4 Å². The van der Waals surface area contributed by atoms with Crippen molar-refractivity contribution in [1.29, 1.82) is 0 Å². The lowest BCUT2D eigenvalue weighted by atomic mass is 10.0. The summed E-state index contributed by atoms with van der Waals surface area (Å²) in [6, 6.07) is 21.6. The molecule has 1 heterocycles. The molecule has 1 fully saturated rings. The van der Waals surface area contributed by atoms with Crippen LogP contribution in [0, 0.1) is 6.92 Å². The first-order valence-corrected chi connectivity index (χ1v) is 12.1. The van der Waals surface area contributed by atoms with Gasteiger partial charge in [-0.15, -0.1) is 0 Å². The number of nitrogens with one attached hydrogen (secondary N) is 1. The third-order valence-corrected chi connectivity index (χ3v) is 6.25. The van der Waals surface area contributed by atoms with E-state index < -0.39 is 55.7 Å². The summed E-state index contributed by atoms with van der Waals surface area (Å²) in [5.74, 6) is -0.853. The molecule has 1 saturated heterocycles. The highest BCUT2D eigenvalue weighted by atomic mass is 19.2. The average Bonchev–Trinajstić information content (AvgIpc) is 3.31. The van der Waals surface area contributed by atoms with E-state index in [2.05, 4.69) is 5.32 Å². The number of ether oxygens (including phenoxy) is 2. The second-order valence-corrected chi connectivity index (χ2v) is 9.20. The Morgan fingerprint density at radius 2 is 1.71 bits per heavy atom. The molecule has 38 heavy (non-hydrogen) atoms. The van der Waals surface area contributed by atoms with Crippen molar-refractivity contribution in [3.05, 3.63) is 95.6 Å². The molecular formula is C29H28F2N2O5. The van der Waals surface area contributed by atoms with Crippen molar-refractivity contribution in [1.82, 2.24) is 10.2 Å². The molecule has 1 aliphatic rings. The third kappa shape index (κ3) is 6.53. The smallest absolute Gasteiger partial charge is 0.329 e. The van der Waals surface area contributed by atoms with Gasteiger partial charge >= 0.3 is 5.97 Å². The van der Waals surface area contributed by atoms with E-state index >= 15 is 0 Å². The maximum atomic E-state index is 14.9. The van der Waals surface area contributed by atoms with Gasteiger partial charge in [-0.2, -0.15) is 0 Å². The molecule has 0 unspecified atom stereocenters. The van der Waals surface area contributed by atoms with E-state index in [1.165, 1.54) is 0 Å². The maximum absolute atomic E-state index is 14.9. The van der Waals surface area contributed by atoms with Crippen LogP contribution in [-0.2, 0) is 20.9 Å². The zero-order valence-corrected chi connectivity index (χ0v) is 20.9. The van der Waals surface area contributed by atoms with Crippen LogP contribution in [0.4, 0.5) is 8.78 Å². The molecule has 2 atom stereocenters. The van der Waals surface area contributed by atoms with E-state index in [0.717, 1.165) is 10.5 Å². The number of alkyl halides is 2. The van der Waals surface area contributed by atoms with Crippen molar-refractivity contribution in [3.63, 3.8) is 0 Å². The molecule has 7 nitrogen and oxygen atoms in total. The largest absolute Gasteiger partial charge is 0.459 e. The Morgan fingerprint density at radius 1 is 1.03 bits per heavy atom. The Kier molecular flexibility index (Phi) is 8.35. The summed E-state index contributed by atoms with van der Waals surface area (Å²) in [6.07, 6.45) is -0.515. The molecule has 2 amide bonds. The summed E-state index contributed by atoms with van der Waals surface area (Å²) in [5, 5.41) is 2.50. The van der Waals surface area contributed by atoms with Crippen LogP contribution in [0.1, 0.15) is 27.9 Å². The number of carbonyl (C=O) groups excluding carboxylic acids is 3. The normalized spacial score (nSPS) is 18.6. The van der Waals surface area contributed by atoms with Crippen molar-refractivity contribution < 1.29 is 32.6 Å². The SMILES string of the molecule is Cc1cc(C(=O)NCC(=O)N2C[C@@](F)(CF)C[C@H]2C(=O)OCc2ccccc2)ccc1Oc1ccccc1. The molecule has 0 radical (unpaired) electrons. The molecule has 9 heteroatoms. The summed E-state index contributed by atoms with van der Waals surface area (Å²) in [7, 11) is 0. The number of rotatable bonds is 9. The Balaban J connectivity index is 1.36. The lowest BCUT2D eigenvalue weighted by molar-refractivity contribution is -0.154. The van der Waals surface area contributed by atoms with E-state index in [1.54, 1.807) is 49.4 Å². The predicted molar refractivity (Wildman–Crippen MR) is 136 cm³/mol. The van der Waals surface area contributed by atoms with Crippen LogP contribution in [0.25, 0.3) is 0 Å². The first-order chi connectivity index (χ1) is 18.3. The summed E-state index contributed by atoms with van der Waals surface area (Å²) in [5.41, 5.74) is -0.642. The van der Waals surface area contributed by atoms with Crippen molar-refractivity contribution >= 4 is 17.8 Å². The van der Waals surface area contributed by atoms with Gasteiger partial charge in [-0.3, -0.25) is 9.59 Å². The van der Waals surface area contributed by atoms with Gasteiger partial charge in [0.2, 0.25) is 5.91 Å². The quantitative estimate of drug-likeness (QED) is 0.417. The summed E-state index contributed by atoms with van der Waals surface area (Å²) >= 11 is 0. The molecule has 3 aromatic rings. The monoisotopic (exact) mass is 522 g/mol. The van der Waals surface area contributed by atoms with Gasteiger partial charge in [0.05, 0.1) is 13.1 Å². The highest BCUT2D eigenvalue weighted by molar-refractivity contribution is 5.97. The number of hydrogen-bond donors (Lipinski definition) is 1. The highest BCUT2D eigenvalue weighted by Gasteiger charge is 2.50. The minimum Gasteiger partial charge on any atom is -0.459 e. The molecule has 1 aliphatic heterocycles. The number of amides is 2. The fraction of sp³-hybridized carbons (Fsp3) is 0.276. The molecule has 0 aromatic heterocycles. The lowest BCUT2D eigenvalue weighted by Crippen LogP contribution is -2.46. The number of benzene rings is 3. The molecule has 0 spiro atoms. The summed E-state index contributed by atoms with van der Waals surface area (Å²) in [4.78, 5) is 39.2. The Hall–Kier alpha value is -4.27. The van der Waals surface area contributed by atoms with Crippen LogP contribution in [-0.4, -0.2) is 54.2 Å². The van der Waals surface area contributed by atoms with Gasteiger partial charge in [0.1, 0.15) is 30.8 Å². The number of aryl methyl sites for hydroxylation is 1. The maximum Gasteiger partial charge on any atom is 0.329 e. The molecule has 0 aliphatic carbocycles. The number of hydrogen-bond acceptors (Lipinski definition) is 5. The zero-order valence-electron chi connectivity index (χ0n) is 20.9. The highest BCUT2D eigenvalue weighted by Crippen LogP contribution is 2.32. The van der Waals surface area contributed by atoms with Gasteiger partial charge < -0.3 is 19.7 Å². The Bertz CT molecular complexity index is 1290. The third-order valence-electron chi connectivity index (χ3n) is 6.25. The number of esters is 1. The Labute approximate surface area is 219 Å². The summed E-state index contributed by atoms with van der Waals surface area (Å²) < 4.78 is 39.3. The molecule has 198 valence electrons.